The fourth-order valence-electron chi connectivity index (χ4n) is 6.27. The van der Waals surface area contributed by atoms with E-state index in [2.05, 4.69) is 0 Å². The van der Waals surface area contributed by atoms with Gasteiger partial charge in [-0.05, 0) is 41.7 Å². The zero-order valence-electron chi connectivity index (χ0n) is 19.9. The van der Waals surface area contributed by atoms with Crippen LogP contribution in [0.3, 0.4) is 0 Å². The summed E-state index contributed by atoms with van der Waals surface area (Å²) >= 11 is 0. The second-order valence-corrected chi connectivity index (χ2v) is 9.73. The molecule has 0 saturated carbocycles. The van der Waals surface area contributed by atoms with E-state index in [1.165, 1.54) is 12.1 Å². The number of carbonyl (C=O) groups is 2. The van der Waals surface area contributed by atoms with Crippen molar-refractivity contribution in [1.29, 1.82) is 0 Å². The van der Waals surface area contributed by atoms with Gasteiger partial charge in [-0.2, -0.15) is 0 Å². The van der Waals surface area contributed by atoms with E-state index in [0.717, 1.165) is 17.2 Å². The average Bonchev–Trinajstić information content (AvgIpc) is 2.90. The fraction of sp³-hybridized carbons (Fsp3) is 0.310. The lowest BCUT2D eigenvalue weighted by Gasteiger charge is -2.65. The molecule has 0 amide bonds. The Labute approximate surface area is 212 Å². The minimum atomic E-state index is -1.70. The summed E-state index contributed by atoms with van der Waals surface area (Å²) in [6.07, 6.45) is 1.28. The number of hydrogen-bond donors (Lipinski definition) is 0. The molecule has 2 bridgehead atoms. The summed E-state index contributed by atoms with van der Waals surface area (Å²) in [6.45, 7) is 0.957. The summed E-state index contributed by atoms with van der Waals surface area (Å²) < 4.78 is 46.5. The van der Waals surface area contributed by atoms with Gasteiger partial charge < -0.3 is 14.2 Å². The van der Waals surface area contributed by atoms with Gasteiger partial charge in [0.1, 0.15) is 11.6 Å². The Bertz CT molecular complexity index is 1270. The topological polar surface area (TPSA) is 65.1 Å². The van der Waals surface area contributed by atoms with Crippen LogP contribution in [0.1, 0.15) is 35.4 Å². The van der Waals surface area contributed by atoms with E-state index < -0.39 is 41.0 Å². The van der Waals surface area contributed by atoms with Crippen LogP contribution in [0.15, 0.2) is 78.9 Å². The van der Waals surface area contributed by atoms with Gasteiger partial charge in [-0.25, -0.2) is 18.4 Å². The smallest absolute Gasteiger partial charge is 0.420 e. The quantitative estimate of drug-likeness (QED) is 0.362. The van der Waals surface area contributed by atoms with Gasteiger partial charge in [0.15, 0.2) is 0 Å². The van der Waals surface area contributed by atoms with Crippen molar-refractivity contribution in [1.82, 2.24) is 4.90 Å². The first kappa shape index (κ1) is 23.8. The van der Waals surface area contributed by atoms with Gasteiger partial charge in [-0.1, -0.05) is 60.7 Å². The molecule has 3 aromatic rings. The maximum absolute atomic E-state index is 14.0. The van der Waals surface area contributed by atoms with Crippen molar-refractivity contribution < 1.29 is 32.6 Å². The SMILES string of the molecule is O=C1OC2(OCc3cc(F)cc(F)c3)C3CCN(CC3)C2(C(c2ccccc2)c2ccccc2)OC1=O. The Kier molecular flexibility index (Phi) is 5.81. The van der Waals surface area contributed by atoms with Gasteiger partial charge in [0, 0.05) is 25.1 Å². The maximum atomic E-state index is 14.0. The molecule has 4 saturated heterocycles. The van der Waals surface area contributed by atoms with Gasteiger partial charge in [0.05, 0.1) is 12.5 Å². The number of piperidine rings is 3. The first-order valence-electron chi connectivity index (χ1n) is 12.3. The molecule has 0 radical (unpaired) electrons. The Morgan fingerprint density at radius 1 is 0.838 bits per heavy atom. The molecule has 8 heteroatoms. The van der Waals surface area contributed by atoms with E-state index in [0.29, 0.717) is 25.9 Å². The zero-order chi connectivity index (χ0) is 25.6. The first-order valence-corrected chi connectivity index (χ1v) is 12.3. The second kappa shape index (κ2) is 9.04. The summed E-state index contributed by atoms with van der Waals surface area (Å²) in [7, 11) is 0. The number of hydrogen-bond acceptors (Lipinski definition) is 6. The molecule has 0 N–H and O–H groups in total. The van der Waals surface area contributed by atoms with Gasteiger partial charge in [-0.15, -0.1) is 0 Å². The van der Waals surface area contributed by atoms with Crippen LogP contribution in [0.5, 0.6) is 0 Å². The summed E-state index contributed by atoms with van der Waals surface area (Å²) in [5, 5.41) is 0. The standard InChI is InChI=1S/C29H25F2NO5/c30-23-15-19(16-24(31)17-23)18-35-29-22-11-13-32(14-12-22)28(29,36-26(33)27(34)37-29)25(20-7-3-1-4-8-20)21-9-5-2-6-10-21/h1-10,15-17,22,25H,11-14,18H2. The van der Waals surface area contributed by atoms with Crippen molar-refractivity contribution in [3.8, 4) is 0 Å². The van der Waals surface area contributed by atoms with Crippen molar-refractivity contribution >= 4 is 11.9 Å². The molecular formula is C29H25F2NO5. The number of halogens is 2. The van der Waals surface area contributed by atoms with Crippen LogP contribution < -0.4 is 0 Å². The number of carbonyl (C=O) groups excluding carboxylic acids is 2. The monoisotopic (exact) mass is 505 g/mol. The number of nitrogens with zero attached hydrogens (tertiary/aromatic N) is 1. The number of fused-ring (bicyclic) bond motifs is 2. The third-order valence-electron chi connectivity index (χ3n) is 7.69. The molecule has 6 nitrogen and oxygen atoms in total. The molecule has 2 unspecified atom stereocenters. The molecule has 0 spiro atoms. The summed E-state index contributed by atoms with van der Waals surface area (Å²) in [5.41, 5.74) is 0.392. The third kappa shape index (κ3) is 3.74. The van der Waals surface area contributed by atoms with Crippen molar-refractivity contribution in [2.24, 2.45) is 5.92 Å². The third-order valence-corrected chi connectivity index (χ3v) is 7.69. The predicted octanol–water partition coefficient (Wildman–Crippen LogP) is 4.53. The van der Waals surface area contributed by atoms with E-state index in [1.807, 2.05) is 65.6 Å². The van der Waals surface area contributed by atoms with E-state index in [-0.39, 0.29) is 18.1 Å². The molecule has 0 aromatic heterocycles. The highest BCUT2D eigenvalue weighted by atomic mass is 19.1. The number of rotatable bonds is 6. The van der Waals surface area contributed by atoms with E-state index in [1.54, 1.807) is 0 Å². The Morgan fingerprint density at radius 3 is 1.95 bits per heavy atom. The maximum Gasteiger partial charge on any atom is 0.420 e. The minimum absolute atomic E-state index is 0.237. The Balaban J connectivity index is 1.55. The molecule has 4 fully saturated rings. The lowest BCUT2D eigenvalue weighted by atomic mass is 9.66. The van der Waals surface area contributed by atoms with E-state index in [9.17, 15) is 18.4 Å². The van der Waals surface area contributed by atoms with Gasteiger partial charge in [-0.3, -0.25) is 4.90 Å². The Hall–Kier alpha value is -3.62. The first-order chi connectivity index (χ1) is 17.9. The van der Waals surface area contributed by atoms with Crippen molar-refractivity contribution in [2.75, 3.05) is 13.1 Å². The van der Waals surface area contributed by atoms with Gasteiger partial charge in [0.2, 0.25) is 5.72 Å². The van der Waals surface area contributed by atoms with Crippen LogP contribution >= 0.6 is 0 Å². The molecule has 4 aliphatic heterocycles. The van der Waals surface area contributed by atoms with Gasteiger partial charge in [0.25, 0.3) is 5.79 Å². The summed E-state index contributed by atoms with van der Waals surface area (Å²) in [4.78, 5) is 27.7. The zero-order valence-corrected chi connectivity index (χ0v) is 19.9. The Morgan fingerprint density at radius 2 is 1.38 bits per heavy atom. The van der Waals surface area contributed by atoms with Crippen LogP contribution in [-0.2, 0) is 30.4 Å². The highest BCUT2D eigenvalue weighted by Crippen LogP contribution is 2.59. The van der Waals surface area contributed by atoms with Crippen molar-refractivity contribution in [2.45, 2.75) is 36.9 Å². The van der Waals surface area contributed by atoms with E-state index in [4.69, 9.17) is 14.2 Å². The largest absolute Gasteiger partial charge is 0.427 e. The van der Waals surface area contributed by atoms with Crippen LogP contribution in [-0.4, -0.2) is 41.4 Å². The fourth-order valence-corrected chi connectivity index (χ4v) is 6.27. The number of benzene rings is 3. The van der Waals surface area contributed by atoms with Crippen LogP contribution in [0.25, 0.3) is 0 Å². The van der Waals surface area contributed by atoms with Crippen LogP contribution in [0, 0.1) is 17.6 Å². The molecule has 190 valence electrons. The van der Waals surface area contributed by atoms with Crippen LogP contribution in [0.4, 0.5) is 8.78 Å². The lowest BCUT2D eigenvalue weighted by Crippen LogP contribution is -2.82. The van der Waals surface area contributed by atoms with E-state index >= 15 is 0 Å². The number of ether oxygens (including phenoxy) is 3. The molecule has 4 heterocycles. The molecule has 2 atom stereocenters. The van der Waals surface area contributed by atoms with Gasteiger partial charge >= 0.3 is 11.9 Å². The van der Waals surface area contributed by atoms with Crippen LogP contribution in [0.2, 0.25) is 0 Å². The second-order valence-electron chi connectivity index (χ2n) is 9.73. The average molecular weight is 506 g/mol. The minimum Gasteiger partial charge on any atom is -0.427 e. The normalized spacial score (nSPS) is 28.5. The summed E-state index contributed by atoms with van der Waals surface area (Å²) in [6, 6.07) is 22.2. The molecule has 4 aliphatic rings. The highest BCUT2D eigenvalue weighted by molar-refractivity contribution is 6.30. The predicted molar refractivity (Wildman–Crippen MR) is 128 cm³/mol. The molecule has 0 aliphatic carbocycles. The number of esters is 2. The lowest BCUT2D eigenvalue weighted by molar-refractivity contribution is -0.417. The molecule has 37 heavy (non-hydrogen) atoms. The molecular weight excluding hydrogens is 480 g/mol. The molecule has 3 aromatic carbocycles. The highest BCUT2D eigenvalue weighted by Gasteiger charge is 2.76. The summed E-state index contributed by atoms with van der Waals surface area (Å²) in [5.74, 6) is -6.31. The molecule has 7 rings (SSSR count). The van der Waals surface area contributed by atoms with Crippen molar-refractivity contribution in [3.05, 3.63) is 107 Å². The van der Waals surface area contributed by atoms with Crippen molar-refractivity contribution in [3.63, 3.8) is 0 Å².